The summed E-state index contributed by atoms with van der Waals surface area (Å²) in [6.45, 7) is 2.13. The average Bonchev–Trinajstić information content (AvgIpc) is 3.28. The van der Waals surface area contributed by atoms with Crippen molar-refractivity contribution in [1.82, 2.24) is 15.2 Å². The van der Waals surface area contributed by atoms with Crippen molar-refractivity contribution in [3.63, 3.8) is 0 Å². The first kappa shape index (κ1) is 16.7. The summed E-state index contributed by atoms with van der Waals surface area (Å²) in [5.74, 6) is 1.02. The highest BCUT2D eigenvalue weighted by atomic mass is 16.5. The van der Waals surface area contributed by atoms with Crippen LogP contribution in [0.15, 0.2) is 54.7 Å². The Morgan fingerprint density at radius 2 is 2.04 bits per heavy atom. The summed E-state index contributed by atoms with van der Waals surface area (Å²) in [7, 11) is 1.66. The fraction of sp³-hybridized carbons (Fsp3) is 0.286. The number of H-pyrrole nitrogens is 1. The van der Waals surface area contributed by atoms with Crippen molar-refractivity contribution in [1.29, 1.82) is 0 Å². The molecule has 0 saturated carbocycles. The van der Waals surface area contributed by atoms with Gasteiger partial charge in [-0.3, -0.25) is 4.79 Å². The number of aromatic nitrogens is 1. The van der Waals surface area contributed by atoms with Crippen molar-refractivity contribution in [3.05, 3.63) is 65.9 Å². The van der Waals surface area contributed by atoms with Gasteiger partial charge in [-0.25, -0.2) is 0 Å². The number of rotatable bonds is 6. The van der Waals surface area contributed by atoms with Gasteiger partial charge in [0.25, 0.3) is 0 Å². The maximum Gasteiger partial charge on any atom is 0.240 e. The van der Waals surface area contributed by atoms with Crippen molar-refractivity contribution < 1.29 is 9.53 Å². The molecule has 0 aliphatic carbocycles. The first-order valence-electron chi connectivity index (χ1n) is 8.94. The predicted molar refractivity (Wildman–Crippen MR) is 102 cm³/mol. The number of hydrogen-bond acceptors (Lipinski definition) is 3. The van der Waals surface area contributed by atoms with Crippen LogP contribution in [0.1, 0.15) is 17.5 Å². The summed E-state index contributed by atoms with van der Waals surface area (Å²) in [5.41, 5.74) is 3.46. The van der Waals surface area contributed by atoms with E-state index in [1.807, 2.05) is 41.4 Å². The minimum absolute atomic E-state index is 0.109. The SMILES string of the molecule is COc1ccc(CN2CCC(NCc3cccc4[nH]ccc34)C2=O)cc1. The van der Waals surface area contributed by atoms with Crippen LogP contribution in [0, 0.1) is 0 Å². The van der Waals surface area contributed by atoms with Crippen LogP contribution in [0.5, 0.6) is 5.75 Å². The van der Waals surface area contributed by atoms with Gasteiger partial charge >= 0.3 is 0 Å². The molecule has 4 rings (SSSR count). The predicted octanol–water partition coefficient (Wildman–Crippen LogP) is 3.07. The number of ether oxygens (including phenoxy) is 1. The normalized spacial score (nSPS) is 17.2. The van der Waals surface area contributed by atoms with Crippen molar-refractivity contribution in [2.24, 2.45) is 0 Å². The molecule has 1 saturated heterocycles. The van der Waals surface area contributed by atoms with E-state index in [0.29, 0.717) is 13.1 Å². The average molecular weight is 349 g/mol. The number of benzene rings is 2. The van der Waals surface area contributed by atoms with Crippen LogP contribution in [0.25, 0.3) is 10.9 Å². The number of amides is 1. The van der Waals surface area contributed by atoms with Gasteiger partial charge in [-0.1, -0.05) is 24.3 Å². The number of carbonyl (C=O) groups is 1. The molecule has 0 radical (unpaired) electrons. The Kier molecular flexibility index (Phi) is 4.63. The third-order valence-corrected chi connectivity index (χ3v) is 5.05. The fourth-order valence-electron chi connectivity index (χ4n) is 3.57. The van der Waals surface area contributed by atoms with Crippen molar-refractivity contribution in [3.8, 4) is 5.75 Å². The Labute approximate surface area is 153 Å². The Bertz CT molecular complexity index is 901. The molecule has 0 bridgehead atoms. The Hall–Kier alpha value is -2.79. The number of nitrogens with zero attached hydrogens (tertiary/aromatic N) is 1. The molecule has 1 amide bonds. The van der Waals surface area contributed by atoms with E-state index in [4.69, 9.17) is 4.74 Å². The Morgan fingerprint density at radius 1 is 1.19 bits per heavy atom. The molecule has 0 spiro atoms. The van der Waals surface area contributed by atoms with E-state index in [2.05, 4.69) is 28.5 Å². The molecule has 134 valence electrons. The highest BCUT2D eigenvalue weighted by molar-refractivity contribution is 5.85. The van der Waals surface area contributed by atoms with Crippen LogP contribution in [0.4, 0.5) is 0 Å². The molecule has 1 aromatic heterocycles. The summed E-state index contributed by atoms with van der Waals surface area (Å²) in [4.78, 5) is 17.9. The van der Waals surface area contributed by atoms with Gasteiger partial charge < -0.3 is 19.9 Å². The van der Waals surface area contributed by atoms with Gasteiger partial charge in [-0.05, 0) is 41.8 Å². The first-order chi connectivity index (χ1) is 12.7. The second kappa shape index (κ2) is 7.22. The minimum atomic E-state index is -0.109. The van der Waals surface area contributed by atoms with Gasteiger partial charge in [-0.15, -0.1) is 0 Å². The molecule has 1 unspecified atom stereocenters. The molecular formula is C21H23N3O2. The molecular weight excluding hydrogens is 326 g/mol. The quantitative estimate of drug-likeness (QED) is 0.719. The van der Waals surface area contributed by atoms with Crippen molar-refractivity contribution in [2.45, 2.75) is 25.6 Å². The van der Waals surface area contributed by atoms with E-state index in [1.165, 1.54) is 10.9 Å². The van der Waals surface area contributed by atoms with E-state index in [-0.39, 0.29) is 11.9 Å². The van der Waals surface area contributed by atoms with E-state index in [9.17, 15) is 4.79 Å². The Morgan fingerprint density at radius 3 is 2.85 bits per heavy atom. The first-order valence-corrected chi connectivity index (χ1v) is 8.94. The van der Waals surface area contributed by atoms with Gasteiger partial charge in [0.2, 0.25) is 5.91 Å². The van der Waals surface area contributed by atoms with Crippen LogP contribution < -0.4 is 10.1 Å². The summed E-state index contributed by atoms with van der Waals surface area (Å²) in [5, 5.41) is 4.65. The fourth-order valence-corrected chi connectivity index (χ4v) is 3.57. The van der Waals surface area contributed by atoms with Crippen LogP contribution in [0.3, 0.4) is 0 Å². The Balaban J connectivity index is 1.37. The molecule has 1 aliphatic rings. The summed E-state index contributed by atoms with van der Waals surface area (Å²) < 4.78 is 5.18. The molecule has 2 N–H and O–H groups in total. The molecule has 2 aromatic carbocycles. The topological polar surface area (TPSA) is 57.4 Å². The molecule has 3 aromatic rings. The lowest BCUT2D eigenvalue weighted by atomic mass is 10.1. The maximum absolute atomic E-state index is 12.7. The van der Waals surface area contributed by atoms with Gasteiger partial charge in [-0.2, -0.15) is 0 Å². The van der Waals surface area contributed by atoms with Crippen LogP contribution in [0.2, 0.25) is 0 Å². The lowest BCUT2D eigenvalue weighted by molar-refractivity contribution is -0.129. The molecule has 1 fully saturated rings. The van der Waals surface area contributed by atoms with Crippen LogP contribution in [-0.4, -0.2) is 35.5 Å². The number of carbonyl (C=O) groups excluding carboxylic acids is 1. The largest absolute Gasteiger partial charge is 0.497 e. The zero-order valence-corrected chi connectivity index (χ0v) is 14.9. The lowest BCUT2D eigenvalue weighted by Crippen LogP contribution is -2.37. The number of nitrogens with one attached hydrogen (secondary N) is 2. The standard InChI is InChI=1S/C21H23N3O2/c1-26-17-7-5-15(6-8-17)14-24-12-10-20(21(24)25)23-13-16-3-2-4-19-18(16)9-11-22-19/h2-9,11,20,22-23H,10,12-14H2,1H3. The number of methoxy groups -OCH3 is 1. The third kappa shape index (κ3) is 3.30. The summed E-state index contributed by atoms with van der Waals surface area (Å²) in [6.07, 6.45) is 2.80. The summed E-state index contributed by atoms with van der Waals surface area (Å²) in [6, 6.07) is 16.1. The highest BCUT2D eigenvalue weighted by Gasteiger charge is 2.31. The smallest absolute Gasteiger partial charge is 0.240 e. The zero-order chi connectivity index (χ0) is 17.9. The molecule has 2 heterocycles. The zero-order valence-electron chi connectivity index (χ0n) is 14.9. The molecule has 26 heavy (non-hydrogen) atoms. The highest BCUT2D eigenvalue weighted by Crippen LogP contribution is 2.20. The van der Waals surface area contributed by atoms with Crippen LogP contribution in [-0.2, 0) is 17.9 Å². The molecule has 1 aliphatic heterocycles. The van der Waals surface area contributed by atoms with Crippen molar-refractivity contribution in [2.75, 3.05) is 13.7 Å². The monoisotopic (exact) mass is 349 g/mol. The number of fused-ring (bicyclic) bond motifs is 1. The van der Waals surface area contributed by atoms with E-state index in [1.54, 1.807) is 7.11 Å². The lowest BCUT2D eigenvalue weighted by Gasteiger charge is -2.17. The summed E-state index contributed by atoms with van der Waals surface area (Å²) >= 11 is 0. The second-order valence-corrected chi connectivity index (χ2v) is 6.69. The molecule has 5 heteroatoms. The number of hydrogen-bond donors (Lipinski definition) is 2. The minimum Gasteiger partial charge on any atom is -0.497 e. The van der Waals surface area contributed by atoms with E-state index < -0.39 is 0 Å². The van der Waals surface area contributed by atoms with Gasteiger partial charge in [0.05, 0.1) is 13.2 Å². The number of likely N-dealkylation sites (tertiary alicyclic amines) is 1. The molecule has 1 atom stereocenters. The van der Waals surface area contributed by atoms with Crippen LogP contribution >= 0.6 is 0 Å². The number of aromatic amines is 1. The van der Waals surface area contributed by atoms with E-state index in [0.717, 1.165) is 29.8 Å². The molecule has 5 nitrogen and oxygen atoms in total. The van der Waals surface area contributed by atoms with Gasteiger partial charge in [0, 0.05) is 36.7 Å². The maximum atomic E-state index is 12.7. The van der Waals surface area contributed by atoms with Crippen molar-refractivity contribution >= 4 is 16.8 Å². The third-order valence-electron chi connectivity index (χ3n) is 5.05. The van der Waals surface area contributed by atoms with Gasteiger partial charge in [0.1, 0.15) is 5.75 Å². The van der Waals surface area contributed by atoms with E-state index >= 15 is 0 Å². The van der Waals surface area contributed by atoms with Gasteiger partial charge in [0.15, 0.2) is 0 Å². The second-order valence-electron chi connectivity index (χ2n) is 6.69.